The van der Waals surface area contributed by atoms with Crippen molar-refractivity contribution in [3.05, 3.63) is 0 Å². The van der Waals surface area contributed by atoms with E-state index in [-0.39, 0.29) is 11.8 Å². The number of hydrogen-bond acceptors (Lipinski definition) is 4. The van der Waals surface area contributed by atoms with Crippen LogP contribution in [0.4, 0.5) is 0 Å². The normalized spacial score (nSPS) is 28.1. The molecule has 0 aromatic heterocycles. The smallest absolute Gasteiger partial charge is 0.305 e. The second kappa shape index (κ2) is 7.41. The van der Waals surface area contributed by atoms with Crippen molar-refractivity contribution in [2.24, 2.45) is 11.8 Å². The van der Waals surface area contributed by atoms with Crippen molar-refractivity contribution in [2.45, 2.75) is 64.6 Å². The van der Waals surface area contributed by atoms with Crippen LogP contribution in [0.5, 0.6) is 0 Å². The molecule has 1 saturated carbocycles. The average molecular weight is 284 g/mol. The molecule has 1 spiro atoms. The highest BCUT2D eigenvalue weighted by molar-refractivity contribution is 5.68. The van der Waals surface area contributed by atoms with Gasteiger partial charge in [-0.1, -0.05) is 33.1 Å². The van der Waals surface area contributed by atoms with Crippen LogP contribution in [-0.4, -0.2) is 31.6 Å². The van der Waals surface area contributed by atoms with Crippen molar-refractivity contribution in [1.29, 1.82) is 0 Å². The summed E-state index contributed by atoms with van der Waals surface area (Å²) < 4.78 is 17.3. The molecule has 1 saturated heterocycles. The number of ether oxygens (including phenoxy) is 3. The minimum atomic E-state index is -0.378. The third-order valence-corrected chi connectivity index (χ3v) is 4.64. The van der Waals surface area contributed by atoms with Gasteiger partial charge in [0.25, 0.3) is 0 Å². The SMILES string of the molecule is CCCCCC1C(COC(=O)CC)CCC12OCCO2. The van der Waals surface area contributed by atoms with Crippen molar-refractivity contribution in [1.82, 2.24) is 0 Å². The minimum absolute atomic E-state index is 0.105. The number of carbonyl (C=O) groups excluding carboxylic acids is 1. The van der Waals surface area contributed by atoms with Gasteiger partial charge in [-0.3, -0.25) is 4.79 Å². The molecule has 1 heterocycles. The Labute approximate surface area is 122 Å². The Morgan fingerprint density at radius 2 is 2.00 bits per heavy atom. The average Bonchev–Trinajstić information content (AvgIpc) is 3.06. The topological polar surface area (TPSA) is 44.8 Å². The standard InChI is InChI=1S/C16H28O4/c1-3-5-6-7-14-13(12-18-15(17)4-2)8-9-16(14)19-10-11-20-16/h13-14H,3-12H2,1-2H3. The number of hydrogen-bond donors (Lipinski definition) is 0. The Morgan fingerprint density at radius 1 is 1.25 bits per heavy atom. The summed E-state index contributed by atoms with van der Waals surface area (Å²) in [4.78, 5) is 11.4. The van der Waals surface area contributed by atoms with Gasteiger partial charge >= 0.3 is 5.97 Å². The summed E-state index contributed by atoms with van der Waals surface area (Å²) in [5.74, 6) is 0.282. The van der Waals surface area contributed by atoms with E-state index in [2.05, 4.69) is 6.92 Å². The van der Waals surface area contributed by atoms with E-state index in [0.717, 1.165) is 19.3 Å². The van der Waals surface area contributed by atoms with Gasteiger partial charge in [-0.15, -0.1) is 0 Å². The monoisotopic (exact) mass is 284 g/mol. The fraction of sp³-hybridized carbons (Fsp3) is 0.938. The van der Waals surface area contributed by atoms with Gasteiger partial charge in [0.2, 0.25) is 0 Å². The summed E-state index contributed by atoms with van der Waals surface area (Å²) >= 11 is 0. The van der Waals surface area contributed by atoms with E-state index in [1.54, 1.807) is 0 Å². The zero-order chi connectivity index (χ0) is 14.4. The van der Waals surface area contributed by atoms with Gasteiger partial charge in [0.15, 0.2) is 5.79 Å². The van der Waals surface area contributed by atoms with E-state index in [1.165, 1.54) is 19.3 Å². The summed E-state index contributed by atoms with van der Waals surface area (Å²) in [6, 6.07) is 0. The van der Waals surface area contributed by atoms with Crippen LogP contribution in [0.15, 0.2) is 0 Å². The molecule has 1 aliphatic carbocycles. The molecule has 20 heavy (non-hydrogen) atoms. The first kappa shape index (κ1) is 15.8. The minimum Gasteiger partial charge on any atom is -0.465 e. The van der Waals surface area contributed by atoms with Crippen LogP contribution in [-0.2, 0) is 19.0 Å². The third kappa shape index (κ3) is 3.53. The molecular formula is C16H28O4. The van der Waals surface area contributed by atoms with E-state index < -0.39 is 0 Å². The lowest BCUT2D eigenvalue weighted by Gasteiger charge is -2.32. The Hall–Kier alpha value is -0.610. The predicted octanol–water partition coefficient (Wildman–Crippen LogP) is 3.29. The largest absolute Gasteiger partial charge is 0.465 e. The lowest BCUT2D eigenvalue weighted by Crippen LogP contribution is -2.37. The van der Waals surface area contributed by atoms with Crippen LogP contribution >= 0.6 is 0 Å². The molecule has 0 amide bonds. The van der Waals surface area contributed by atoms with Gasteiger partial charge in [0.1, 0.15) is 0 Å². The lowest BCUT2D eigenvalue weighted by molar-refractivity contribution is -0.190. The van der Waals surface area contributed by atoms with Crippen molar-refractivity contribution in [3.8, 4) is 0 Å². The molecular weight excluding hydrogens is 256 g/mol. The van der Waals surface area contributed by atoms with E-state index >= 15 is 0 Å². The zero-order valence-corrected chi connectivity index (χ0v) is 12.9. The van der Waals surface area contributed by atoms with Gasteiger partial charge in [-0.2, -0.15) is 0 Å². The molecule has 0 radical (unpaired) electrons. The maximum absolute atomic E-state index is 11.4. The lowest BCUT2D eigenvalue weighted by atomic mass is 9.88. The number of esters is 1. The summed E-state index contributed by atoms with van der Waals surface area (Å²) in [5.41, 5.74) is 0. The van der Waals surface area contributed by atoms with Gasteiger partial charge in [-0.25, -0.2) is 0 Å². The number of unbranched alkanes of at least 4 members (excludes halogenated alkanes) is 2. The highest BCUT2D eigenvalue weighted by Gasteiger charge is 2.52. The maximum atomic E-state index is 11.4. The molecule has 4 nitrogen and oxygen atoms in total. The Bertz CT molecular complexity index is 310. The van der Waals surface area contributed by atoms with Crippen molar-refractivity contribution in [2.75, 3.05) is 19.8 Å². The first-order valence-corrected chi connectivity index (χ1v) is 8.15. The van der Waals surface area contributed by atoms with Gasteiger partial charge in [-0.05, 0) is 12.8 Å². The van der Waals surface area contributed by atoms with Crippen LogP contribution in [0.1, 0.15) is 58.8 Å². The Balaban J connectivity index is 1.93. The van der Waals surface area contributed by atoms with E-state index in [1.807, 2.05) is 6.92 Å². The third-order valence-electron chi connectivity index (χ3n) is 4.64. The molecule has 116 valence electrons. The zero-order valence-electron chi connectivity index (χ0n) is 12.9. The van der Waals surface area contributed by atoms with Crippen LogP contribution in [0, 0.1) is 11.8 Å². The highest BCUT2D eigenvalue weighted by Crippen LogP contribution is 2.48. The van der Waals surface area contributed by atoms with Crippen LogP contribution in [0.2, 0.25) is 0 Å². The Morgan fingerprint density at radius 3 is 2.65 bits per heavy atom. The molecule has 0 bridgehead atoms. The summed E-state index contributed by atoms with van der Waals surface area (Å²) in [6.45, 7) is 5.98. The predicted molar refractivity (Wildman–Crippen MR) is 76.2 cm³/mol. The van der Waals surface area contributed by atoms with Crippen LogP contribution < -0.4 is 0 Å². The fourth-order valence-electron chi connectivity index (χ4n) is 3.53. The summed E-state index contributed by atoms with van der Waals surface area (Å²) in [5, 5.41) is 0. The second-order valence-corrected chi connectivity index (χ2v) is 5.95. The van der Waals surface area contributed by atoms with Crippen molar-refractivity contribution >= 4 is 5.97 Å². The van der Waals surface area contributed by atoms with E-state index in [4.69, 9.17) is 14.2 Å². The molecule has 0 aromatic rings. The maximum Gasteiger partial charge on any atom is 0.305 e. The fourth-order valence-corrected chi connectivity index (χ4v) is 3.53. The van der Waals surface area contributed by atoms with Gasteiger partial charge in [0.05, 0.1) is 19.8 Å². The van der Waals surface area contributed by atoms with Crippen molar-refractivity contribution in [3.63, 3.8) is 0 Å². The van der Waals surface area contributed by atoms with Gasteiger partial charge in [0, 0.05) is 24.7 Å². The molecule has 2 fully saturated rings. The van der Waals surface area contributed by atoms with Crippen LogP contribution in [0.3, 0.4) is 0 Å². The van der Waals surface area contributed by atoms with Crippen LogP contribution in [0.25, 0.3) is 0 Å². The Kier molecular flexibility index (Phi) is 5.85. The summed E-state index contributed by atoms with van der Waals surface area (Å²) in [6.07, 6.45) is 7.21. The molecule has 0 aromatic carbocycles. The second-order valence-electron chi connectivity index (χ2n) is 5.95. The molecule has 2 rings (SSSR count). The molecule has 1 aliphatic heterocycles. The first-order chi connectivity index (χ1) is 9.72. The molecule has 2 unspecified atom stereocenters. The van der Waals surface area contributed by atoms with E-state index in [0.29, 0.717) is 38.1 Å². The van der Waals surface area contributed by atoms with Gasteiger partial charge < -0.3 is 14.2 Å². The molecule has 4 heteroatoms. The quantitative estimate of drug-likeness (QED) is 0.531. The van der Waals surface area contributed by atoms with E-state index in [9.17, 15) is 4.79 Å². The molecule has 2 aliphatic rings. The first-order valence-electron chi connectivity index (χ1n) is 8.15. The summed E-state index contributed by atoms with van der Waals surface area (Å²) in [7, 11) is 0. The molecule has 0 N–H and O–H groups in total. The number of carbonyl (C=O) groups is 1. The molecule has 2 atom stereocenters. The van der Waals surface area contributed by atoms with Crippen molar-refractivity contribution < 1.29 is 19.0 Å². The highest BCUT2D eigenvalue weighted by atomic mass is 16.7. The number of rotatable bonds is 7.